The first-order valence-corrected chi connectivity index (χ1v) is 8.17. The van der Waals surface area contributed by atoms with Gasteiger partial charge < -0.3 is 5.32 Å². The van der Waals surface area contributed by atoms with Crippen molar-refractivity contribution in [3.63, 3.8) is 0 Å². The molecule has 0 aromatic heterocycles. The summed E-state index contributed by atoms with van der Waals surface area (Å²) >= 11 is 0. The van der Waals surface area contributed by atoms with Gasteiger partial charge in [0, 0.05) is 12.6 Å². The Morgan fingerprint density at radius 2 is 2.17 bits per heavy atom. The third-order valence-electron chi connectivity index (χ3n) is 3.75. The molecule has 102 valence electrons. The molecule has 0 amide bonds. The molecule has 5 nitrogen and oxygen atoms in total. The van der Waals surface area contributed by atoms with Crippen molar-refractivity contribution in [1.29, 1.82) is 5.26 Å². The van der Waals surface area contributed by atoms with Gasteiger partial charge in [0.25, 0.3) is 0 Å². The fraction of sp³-hybridized carbons (Fsp3) is 0.917. The third kappa shape index (κ3) is 3.02. The van der Waals surface area contributed by atoms with Crippen LogP contribution in [0.1, 0.15) is 32.6 Å². The van der Waals surface area contributed by atoms with Gasteiger partial charge in [-0.3, -0.25) is 0 Å². The molecular weight excluding hydrogens is 250 g/mol. The highest BCUT2D eigenvalue weighted by Gasteiger charge is 2.41. The Labute approximate surface area is 109 Å². The van der Waals surface area contributed by atoms with E-state index in [9.17, 15) is 8.42 Å². The first-order chi connectivity index (χ1) is 8.55. The number of nitrogens with zero attached hydrogens (tertiary/aromatic N) is 2. The molecule has 0 radical (unpaired) electrons. The smallest absolute Gasteiger partial charge is 0.230 e. The van der Waals surface area contributed by atoms with Crippen molar-refractivity contribution >= 4 is 10.0 Å². The highest BCUT2D eigenvalue weighted by molar-refractivity contribution is 7.90. The minimum absolute atomic E-state index is 0.146. The minimum Gasteiger partial charge on any atom is -0.316 e. The first-order valence-electron chi connectivity index (χ1n) is 6.66. The summed E-state index contributed by atoms with van der Waals surface area (Å²) in [4.78, 5) is 0. The van der Waals surface area contributed by atoms with Gasteiger partial charge >= 0.3 is 0 Å². The monoisotopic (exact) mass is 271 g/mol. The third-order valence-corrected chi connectivity index (χ3v) is 5.85. The number of rotatable bonds is 5. The van der Waals surface area contributed by atoms with Crippen LogP contribution < -0.4 is 5.32 Å². The van der Waals surface area contributed by atoms with Crippen LogP contribution in [0.2, 0.25) is 0 Å². The second kappa shape index (κ2) is 5.55. The van der Waals surface area contributed by atoms with Crippen molar-refractivity contribution in [2.24, 2.45) is 5.92 Å². The second-order valence-corrected chi connectivity index (χ2v) is 7.54. The van der Waals surface area contributed by atoms with E-state index in [-0.39, 0.29) is 6.04 Å². The molecule has 1 aliphatic heterocycles. The Kier molecular flexibility index (Phi) is 4.25. The summed E-state index contributed by atoms with van der Waals surface area (Å²) in [6.45, 7) is 3.97. The van der Waals surface area contributed by atoms with Gasteiger partial charge in [-0.15, -0.1) is 0 Å². The van der Waals surface area contributed by atoms with Gasteiger partial charge in [-0.1, -0.05) is 0 Å². The van der Waals surface area contributed by atoms with Crippen LogP contribution in [0.5, 0.6) is 0 Å². The molecule has 6 heteroatoms. The van der Waals surface area contributed by atoms with Gasteiger partial charge in [0.05, 0.1) is 6.07 Å². The molecule has 2 aliphatic rings. The van der Waals surface area contributed by atoms with Gasteiger partial charge in [0.1, 0.15) is 0 Å². The fourth-order valence-electron chi connectivity index (χ4n) is 2.43. The molecular formula is C12H21N3O2S. The zero-order valence-electron chi connectivity index (χ0n) is 10.8. The Balaban J connectivity index is 2.06. The van der Waals surface area contributed by atoms with Crippen molar-refractivity contribution < 1.29 is 8.42 Å². The maximum atomic E-state index is 12.3. The van der Waals surface area contributed by atoms with Crippen molar-refractivity contribution in [2.75, 3.05) is 19.6 Å². The lowest BCUT2D eigenvalue weighted by atomic mass is 10.00. The molecule has 1 N–H and O–H groups in total. The number of sulfonamides is 1. The molecule has 2 fully saturated rings. The van der Waals surface area contributed by atoms with E-state index in [2.05, 4.69) is 5.32 Å². The Morgan fingerprint density at radius 1 is 1.44 bits per heavy atom. The largest absolute Gasteiger partial charge is 0.316 e. The van der Waals surface area contributed by atoms with Crippen LogP contribution in [0.15, 0.2) is 0 Å². The quantitative estimate of drug-likeness (QED) is 0.798. The van der Waals surface area contributed by atoms with Gasteiger partial charge in [-0.25, -0.2) is 8.42 Å². The van der Waals surface area contributed by atoms with E-state index in [4.69, 9.17) is 5.26 Å². The zero-order chi connectivity index (χ0) is 13.2. The van der Waals surface area contributed by atoms with Crippen molar-refractivity contribution in [3.05, 3.63) is 0 Å². The molecule has 18 heavy (non-hydrogen) atoms. The van der Waals surface area contributed by atoms with E-state index in [1.165, 1.54) is 6.92 Å². The zero-order valence-corrected chi connectivity index (χ0v) is 11.6. The van der Waals surface area contributed by atoms with Gasteiger partial charge in [0.2, 0.25) is 10.0 Å². The summed E-state index contributed by atoms with van der Waals surface area (Å²) in [5.41, 5.74) is 0. The average Bonchev–Trinajstić information content (AvgIpc) is 3.20. The van der Waals surface area contributed by atoms with Crippen molar-refractivity contribution in [2.45, 2.75) is 43.9 Å². The molecule has 2 rings (SSSR count). The Hall–Kier alpha value is -0.640. The standard InChI is InChI=1S/C12H21N3O2S/c1-10(7-13)18(16,17)15(12-4-5-12)9-11-3-2-6-14-8-11/h10-12,14H,2-6,8-9H2,1H3. The highest BCUT2D eigenvalue weighted by Crippen LogP contribution is 2.32. The lowest BCUT2D eigenvalue weighted by molar-refractivity contribution is 0.286. The molecule has 2 unspecified atom stereocenters. The fourth-order valence-corrected chi connectivity index (χ4v) is 4.01. The van der Waals surface area contributed by atoms with E-state index in [1.807, 2.05) is 6.07 Å². The molecule has 0 spiro atoms. The van der Waals surface area contributed by atoms with Crippen molar-refractivity contribution in [1.82, 2.24) is 9.62 Å². The maximum absolute atomic E-state index is 12.3. The average molecular weight is 271 g/mol. The van der Waals surface area contributed by atoms with E-state index < -0.39 is 15.3 Å². The predicted octanol–water partition coefficient (Wildman–Crippen LogP) is 0.692. The molecule has 1 heterocycles. The van der Waals surface area contributed by atoms with Crippen LogP contribution in [0.4, 0.5) is 0 Å². The number of hydrogen-bond acceptors (Lipinski definition) is 4. The summed E-state index contributed by atoms with van der Waals surface area (Å²) < 4.78 is 26.2. The van der Waals surface area contributed by atoms with E-state index in [1.54, 1.807) is 4.31 Å². The molecule has 2 atom stereocenters. The van der Waals surface area contributed by atoms with Crippen LogP contribution in [0.3, 0.4) is 0 Å². The number of nitrogens with one attached hydrogen (secondary N) is 1. The summed E-state index contributed by atoms with van der Waals surface area (Å²) in [6.07, 6.45) is 4.07. The first kappa shape index (κ1) is 13.8. The SMILES string of the molecule is CC(C#N)S(=O)(=O)N(CC1CCCNC1)C1CC1. The topological polar surface area (TPSA) is 73.2 Å². The van der Waals surface area contributed by atoms with Gasteiger partial charge in [-0.05, 0) is 51.6 Å². The molecule has 1 saturated heterocycles. The molecule has 0 aromatic rings. The molecule has 1 aliphatic carbocycles. The Bertz CT molecular complexity index is 419. The summed E-state index contributed by atoms with van der Waals surface area (Å²) in [6, 6.07) is 2.01. The van der Waals surface area contributed by atoms with Crippen LogP contribution in [0.25, 0.3) is 0 Å². The lowest BCUT2D eigenvalue weighted by Crippen LogP contribution is -2.44. The summed E-state index contributed by atoms with van der Waals surface area (Å²) in [5, 5.41) is 11.2. The van der Waals surface area contributed by atoms with E-state index in [0.717, 1.165) is 38.8 Å². The van der Waals surface area contributed by atoms with E-state index >= 15 is 0 Å². The van der Waals surface area contributed by atoms with Crippen molar-refractivity contribution in [3.8, 4) is 6.07 Å². The second-order valence-electron chi connectivity index (χ2n) is 5.33. The predicted molar refractivity (Wildman–Crippen MR) is 69.3 cm³/mol. The summed E-state index contributed by atoms with van der Waals surface area (Å²) in [7, 11) is -3.44. The number of piperidine rings is 1. The summed E-state index contributed by atoms with van der Waals surface area (Å²) in [5.74, 6) is 0.389. The van der Waals surface area contributed by atoms with Crippen LogP contribution in [0, 0.1) is 17.2 Å². The minimum atomic E-state index is -3.44. The molecule has 1 saturated carbocycles. The normalized spacial score (nSPS) is 26.8. The van der Waals surface area contributed by atoms with Gasteiger partial charge in [-0.2, -0.15) is 9.57 Å². The molecule has 0 aromatic carbocycles. The maximum Gasteiger partial charge on any atom is 0.230 e. The van der Waals surface area contributed by atoms with Crippen LogP contribution in [-0.4, -0.2) is 43.6 Å². The van der Waals surface area contributed by atoms with E-state index in [0.29, 0.717) is 12.5 Å². The van der Waals surface area contributed by atoms with Gasteiger partial charge in [0.15, 0.2) is 5.25 Å². The molecule has 0 bridgehead atoms. The lowest BCUT2D eigenvalue weighted by Gasteiger charge is -2.30. The number of nitriles is 1. The number of hydrogen-bond donors (Lipinski definition) is 1. The highest BCUT2D eigenvalue weighted by atomic mass is 32.2. The van der Waals surface area contributed by atoms with Crippen LogP contribution >= 0.6 is 0 Å². The Morgan fingerprint density at radius 3 is 2.67 bits per heavy atom. The van der Waals surface area contributed by atoms with Crippen LogP contribution in [-0.2, 0) is 10.0 Å².